The number of hydrogen-bond donors (Lipinski definition) is 1. The zero-order valence-electron chi connectivity index (χ0n) is 15.2. The first kappa shape index (κ1) is 19.1. The second-order valence-corrected chi connectivity index (χ2v) is 7.56. The van der Waals surface area contributed by atoms with Crippen molar-refractivity contribution in [2.75, 3.05) is 39.2 Å². The molecule has 1 aliphatic heterocycles. The highest BCUT2D eigenvalue weighted by Crippen LogP contribution is 2.36. The predicted molar refractivity (Wildman–Crippen MR) is 101 cm³/mol. The van der Waals surface area contributed by atoms with Crippen molar-refractivity contribution in [3.63, 3.8) is 0 Å². The first-order chi connectivity index (χ1) is 11.6. The van der Waals surface area contributed by atoms with Gasteiger partial charge in [-0.3, -0.25) is 9.88 Å². The van der Waals surface area contributed by atoms with E-state index in [0.29, 0.717) is 12.0 Å². The lowest BCUT2D eigenvalue weighted by Gasteiger charge is -2.29. The molecule has 5 nitrogen and oxygen atoms in total. The van der Waals surface area contributed by atoms with Crippen LogP contribution in [0.5, 0.6) is 0 Å². The summed E-state index contributed by atoms with van der Waals surface area (Å²) >= 11 is 1.77. The van der Waals surface area contributed by atoms with Crippen LogP contribution in [0.3, 0.4) is 0 Å². The molecule has 0 bridgehead atoms. The van der Waals surface area contributed by atoms with Crippen molar-refractivity contribution in [3.8, 4) is 0 Å². The van der Waals surface area contributed by atoms with Gasteiger partial charge in [-0.15, -0.1) is 0 Å². The quantitative estimate of drug-likeness (QED) is 0.821. The summed E-state index contributed by atoms with van der Waals surface area (Å²) in [6.07, 6.45) is 7.90. The first-order valence-electron chi connectivity index (χ1n) is 8.67. The molecule has 0 spiro atoms. The van der Waals surface area contributed by atoms with Gasteiger partial charge in [0, 0.05) is 43.8 Å². The van der Waals surface area contributed by atoms with Crippen LogP contribution < -0.4 is 5.32 Å². The van der Waals surface area contributed by atoms with Crippen molar-refractivity contribution >= 4 is 17.8 Å². The fourth-order valence-electron chi connectivity index (χ4n) is 3.48. The second-order valence-electron chi connectivity index (χ2n) is 6.65. The van der Waals surface area contributed by atoms with E-state index in [1.165, 1.54) is 5.56 Å². The molecule has 3 atom stereocenters. The molecule has 1 aliphatic rings. The fraction of sp³-hybridized carbons (Fsp3) is 0.667. The summed E-state index contributed by atoms with van der Waals surface area (Å²) in [7, 11) is 4.06. The molecule has 1 N–H and O–H groups in total. The Labute approximate surface area is 150 Å². The van der Waals surface area contributed by atoms with Crippen LogP contribution in [0, 0.1) is 5.92 Å². The van der Waals surface area contributed by atoms with Crippen LogP contribution in [-0.2, 0) is 0 Å². The van der Waals surface area contributed by atoms with Crippen molar-refractivity contribution in [1.29, 1.82) is 0 Å². The van der Waals surface area contributed by atoms with Gasteiger partial charge in [0.25, 0.3) is 0 Å². The van der Waals surface area contributed by atoms with E-state index in [9.17, 15) is 4.79 Å². The Morgan fingerprint density at radius 3 is 3.00 bits per heavy atom. The SMILES string of the molecule is CC[C@@H](CSC)NC(=O)N(C)C[C@@H]1CCN(C)[C@H]1c1cccnc1. The third kappa shape index (κ3) is 4.86. The van der Waals surface area contributed by atoms with Crippen LogP contribution in [0.15, 0.2) is 24.5 Å². The number of pyridine rings is 1. The average Bonchev–Trinajstić information content (AvgIpc) is 2.95. The number of amides is 2. The Morgan fingerprint density at radius 2 is 2.38 bits per heavy atom. The largest absolute Gasteiger partial charge is 0.334 e. The van der Waals surface area contributed by atoms with Crippen LogP contribution in [0.4, 0.5) is 4.79 Å². The van der Waals surface area contributed by atoms with E-state index in [2.05, 4.69) is 41.5 Å². The van der Waals surface area contributed by atoms with E-state index in [1.807, 2.05) is 30.4 Å². The number of rotatable bonds is 7. The van der Waals surface area contributed by atoms with Crippen molar-refractivity contribution < 1.29 is 4.79 Å². The molecule has 2 heterocycles. The molecule has 0 unspecified atom stereocenters. The molecule has 0 radical (unpaired) electrons. The van der Waals surface area contributed by atoms with E-state index in [0.717, 1.165) is 31.7 Å². The van der Waals surface area contributed by atoms with E-state index in [4.69, 9.17) is 0 Å². The molecule has 0 aromatic carbocycles. The maximum Gasteiger partial charge on any atom is 0.317 e. The molecule has 1 aromatic heterocycles. The number of hydrogen-bond acceptors (Lipinski definition) is 4. The van der Waals surface area contributed by atoms with Crippen LogP contribution >= 0.6 is 11.8 Å². The number of nitrogens with zero attached hydrogens (tertiary/aromatic N) is 3. The zero-order valence-corrected chi connectivity index (χ0v) is 16.1. The summed E-state index contributed by atoms with van der Waals surface area (Å²) in [6.45, 7) is 3.95. The number of urea groups is 1. The van der Waals surface area contributed by atoms with E-state index >= 15 is 0 Å². The summed E-state index contributed by atoms with van der Waals surface area (Å²) in [6, 6.07) is 4.74. The lowest BCUT2D eigenvalue weighted by Crippen LogP contribution is -2.45. The monoisotopic (exact) mass is 350 g/mol. The molecule has 1 fully saturated rings. The van der Waals surface area contributed by atoms with Gasteiger partial charge in [0.05, 0.1) is 0 Å². The lowest BCUT2D eigenvalue weighted by molar-refractivity contribution is 0.186. The number of thioether (sulfide) groups is 1. The molecular weight excluding hydrogens is 320 g/mol. The summed E-state index contributed by atoms with van der Waals surface area (Å²) in [5.41, 5.74) is 1.24. The number of carbonyl (C=O) groups is 1. The van der Waals surface area contributed by atoms with Gasteiger partial charge in [0.15, 0.2) is 0 Å². The first-order valence-corrected chi connectivity index (χ1v) is 10.1. The molecule has 24 heavy (non-hydrogen) atoms. The molecule has 6 heteroatoms. The Hall–Kier alpha value is -1.27. The van der Waals surface area contributed by atoms with E-state index in [1.54, 1.807) is 11.8 Å². The number of carbonyl (C=O) groups excluding carboxylic acids is 1. The summed E-state index contributed by atoms with van der Waals surface area (Å²) in [5.74, 6) is 1.40. The minimum atomic E-state index is 0.0374. The molecule has 1 aromatic rings. The van der Waals surface area contributed by atoms with Gasteiger partial charge in [-0.2, -0.15) is 11.8 Å². The van der Waals surface area contributed by atoms with Crippen LogP contribution in [0.1, 0.15) is 31.4 Å². The van der Waals surface area contributed by atoms with Crippen molar-refractivity contribution in [2.45, 2.75) is 31.8 Å². The number of aromatic nitrogens is 1. The van der Waals surface area contributed by atoms with Gasteiger partial charge in [0.1, 0.15) is 0 Å². The van der Waals surface area contributed by atoms with Crippen molar-refractivity contribution in [3.05, 3.63) is 30.1 Å². The standard InChI is InChI=1S/C18H30N4OS/c1-5-16(13-24-4)20-18(23)22(3)12-15-8-10-21(2)17(15)14-7-6-9-19-11-14/h6-7,9,11,15-17H,5,8,10,12-13H2,1-4H3,(H,20,23)/t15-,16-,17-/m0/s1. The summed E-state index contributed by atoms with van der Waals surface area (Å²) < 4.78 is 0. The Morgan fingerprint density at radius 1 is 1.58 bits per heavy atom. The molecule has 1 saturated heterocycles. The summed E-state index contributed by atoms with van der Waals surface area (Å²) in [4.78, 5) is 21.0. The van der Waals surface area contributed by atoms with Crippen molar-refractivity contribution in [1.82, 2.24) is 20.1 Å². The van der Waals surface area contributed by atoms with Crippen LogP contribution in [0.2, 0.25) is 0 Å². The number of nitrogens with one attached hydrogen (secondary N) is 1. The van der Waals surface area contributed by atoms with Gasteiger partial charge < -0.3 is 10.2 Å². The molecule has 2 amide bonds. The van der Waals surface area contributed by atoms with Gasteiger partial charge >= 0.3 is 6.03 Å². The zero-order chi connectivity index (χ0) is 17.5. The van der Waals surface area contributed by atoms with E-state index in [-0.39, 0.29) is 12.1 Å². The highest BCUT2D eigenvalue weighted by atomic mass is 32.2. The van der Waals surface area contributed by atoms with Crippen LogP contribution in [0.25, 0.3) is 0 Å². The summed E-state index contributed by atoms with van der Waals surface area (Å²) in [5, 5.41) is 3.15. The smallest absolute Gasteiger partial charge is 0.317 e. The maximum atomic E-state index is 12.5. The third-order valence-corrected chi connectivity index (χ3v) is 5.58. The predicted octanol–water partition coefficient (Wildman–Crippen LogP) is 2.86. The lowest BCUT2D eigenvalue weighted by atomic mass is 9.94. The maximum absolute atomic E-state index is 12.5. The molecule has 0 aliphatic carbocycles. The third-order valence-electron chi connectivity index (χ3n) is 4.84. The highest BCUT2D eigenvalue weighted by Gasteiger charge is 2.34. The Kier molecular flexibility index (Phi) is 7.37. The van der Waals surface area contributed by atoms with Crippen LogP contribution in [-0.4, -0.2) is 66.1 Å². The normalized spacial score (nSPS) is 22.3. The topological polar surface area (TPSA) is 48.5 Å². The highest BCUT2D eigenvalue weighted by molar-refractivity contribution is 7.98. The van der Waals surface area contributed by atoms with Gasteiger partial charge in [0.2, 0.25) is 0 Å². The second kappa shape index (κ2) is 9.28. The van der Waals surface area contributed by atoms with Gasteiger partial charge in [-0.05, 0) is 50.2 Å². The van der Waals surface area contributed by atoms with Gasteiger partial charge in [-0.25, -0.2) is 4.79 Å². The fourth-order valence-corrected chi connectivity index (χ4v) is 4.20. The Balaban J connectivity index is 1.97. The minimum absolute atomic E-state index is 0.0374. The molecule has 0 saturated carbocycles. The minimum Gasteiger partial charge on any atom is -0.334 e. The average molecular weight is 351 g/mol. The molecule has 134 valence electrons. The number of likely N-dealkylation sites (tertiary alicyclic amines) is 1. The Bertz CT molecular complexity index is 513. The van der Waals surface area contributed by atoms with Gasteiger partial charge in [-0.1, -0.05) is 13.0 Å². The van der Waals surface area contributed by atoms with Crippen molar-refractivity contribution in [2.24, 2.45) is 5.92 Å². The van der Waals surface area contributed by atoms with E-state index < -0.39 is 0 Å². The molecule has 2 rings (SSSR count). The molecular formula is C18H30N4OS.